The molecule has 0 atom stereocenters. The summed E-state index contributed by atoms with van der Waals surface area (Å²) in [7, 11) is 0. The molecule has 0 aromatic rings. The summed E-state index contributed by atoms with van der Waals surface area (Å²) >= 11 is 0. The van der Waals surface area contributed by atoms with E-state index in [0.717, 1.165) is 0 Å². The topological polar surface area (TPSA) is 57.5 Å². The third-order valence-electron chi connectivity index (χ3n) is 0. The Morgan fingerprint density at radius 1 is 1.33 bits per heavy atom. The summed E-state index contributed by atoms with van der Waals surface area (Å²) in [6.45, 7) is 0. The van der Waals surface area contributed by atoms with Gasteiger partial charge in [0.25, 0.3) is 0 Å². The van der Waals surface area contributed by atoms with Crippen LogP contribution in [0.2, 0.25) is 0 Å². The third-order valence-corrected chi connectivity index (χ3v) is 0. The van der Waals surface area contributed by atoms with Crippen LogP contribution < -0.4 is 0 Å². The van der Waals surface area contributed by atoms with Crippen LogP contribution >= 0.6 is 0 Å². The van der Waals surface area contributed by atoms with Gasteiger partial charge in [-0.1, -0.05) is 0 Å². The summed E-state index contributed by atoms with van der Waals surface area (Å²) in [4.78, 5) is 8.56. The van der Waals surface area contributed by atoms with Crippen molar-refractivity contribution in [3.05, 3.63) is 0 Å². The molecule has 0 aliphatic rings. The van der Waals surface area contributed by atoms with Crippen LogP contribution in [-0.2, 0) is 0 Å². The van der Waals surface area contributed by atoms with Crippen LogP contribution in [0.15, 0.2) is 0 Å². The van der Waals surface area contributed by atoms with E-state index in [9.17, 15) is 0 Å². The Morgan fingerprint density at radius 2 is 1.33 bits per heavy atom. The van der Waals surface area contributed by atoms with E-state index in [-0.39, 0.29) is 71.9 Å². The molecule has 0 unspecified atom stereocenters. The van der Waals surface area contributed by atoms with Crippen molar-refractivity contribution >= 4 is 78.1 Å². The average Bonchev–Trinajstić information content (AvgIpc) is 0.811. The van der Waals surface area contributed by atoms with Crippen LogP contribution in [0, 0.1) is 0 Å². The van der Waals surface area contributed by atoms with E-state index in [4.69, 9.17) is 15.0 Å². The molecule has 0 bridgehead atoms. The molecule has 0 saturated heterocycles. The van der Waals surface area contributed by atoms with Crippen LogP contribution in [-0.4, -0.2) is 88.3 Å². The molecule has 0 heterocycles. The summed E-state index contributed by atoms with van der Waals surface area (Å²) in [5.74, 6) is 0. The van der Waals surface area contributed by atoms with Crippen LogP contribution in [0.25, 0.3) is 0 Å². The maximum atomic E-state index is 8.56. The van der Waals surface area contributed by atoms with Crippen LogP contribution in [0.4, 0.5) is 4.79 Å². The van der Waals surface area contributed by atoms with Gasteiger partial charge in [0.05, 0.1) is 0 Å². The van der Waals surface area contributed by atoms with E-state index in [1.54, 1.807) is 0 Å². The van der Waals surface area contributed by atoms with Gasteiger partial charge in [0.1, 0.15) is 0 Å². The zero-order chi connectivity index (χ0) is 3.58. The molecule has 0 saturated carbocycles. The fraction of sp³-hybridized carbons (Fsp3) is 0. The molecule has 0 amide bonds. The van der Waals surface area contributed by atoms with E-state index in [1.165, 1.54) is 0 Å². The molecule has 0 aromatic carbocycles. The predicted molar refractivity (Wildman–Crippen MR) is 27.7 cm³/mol. The van der Waals surface area contributed by atoms with Gasteiger partial charge in [0.15, 0.2) is 0 Å². The van der Waals surface area contributed by atoms with Crippen molar-refractivity contribution in [2.24, 2.45) is 0 Å². The van der Waals surface area contributed by atoms with Crippen molar-refractivity contribution in [3.8, 4) is 0 Å². The van der Waals surface area contributed by atoms with Crippen LogP contribution in [0.5, 0.6) is 0 Å². The summed E-state index contributed by atoms with van der Waals surface area (Å²) in [6.07, 6.45) is -1.83. The molecule has 2 N–H and O–H groups in total. The Labute approximate surface area is 91.3 Å². The average molecular weight is 228 g/mol. The van der Waals surface area contributed by atoms with Crippen molar-refractivity contribution < 1.29 is 15.0 Å². The van der Waals surface area contributed by atoms with Crippen molar-refractivity contribution in [1.29, 1.82) is 0 Å². The first-order valence-corrected chi connectivity index (χ1v) is 0.651. The molecule has 0 aliphatic heterocycles. The summed E-state index contributed by atoms with van der Waals surface area (Å²) in [5.41, 5.74) is 0. The monoisotopic (exact) mass is 228 g/mol. The summed E-state index contributed by atoms with van der Waals surface area (Å²) in [5, 5.41) is 13.9. The third kappa shape index (κ3) is 46.1. The Hall–Kier alpha value is 1.61. The minimum absolute atomic E-state index is 0. The Balaban J connectivity index is -0.0000000450. The summed E-state index contributed by atoms with van der Waals surface area (Å²) in [6, 6.07) is 0. The van der Waals surface area contributed by atoms with Gasteiger partial charge in [0.2, 0.25) is 0 Å². The molecule has 6 heavy (non-hydrogen) atoms. The molecule has 0 fully saturated rings. The minimum Gasteiger partial charge on any atom is 0.316 e. The molecule has 32 valence electrons. The molecular formula is CH6BaMgO3. The predicted octanol–water partition coefficient (Wildman–Crippen LogP) is -1.61. The standard InChI is InChI=1S/CH2O3.Ba.Mg.4H/c2-1(3)4;;;;;;/h(H2,2,3,4);;;;;;. The second kappa shape index (κ2) is 9.79. The first-order chi connectivity index (χ1) is 1.73. The smallest absolute Gasteiger partial charge is 0.316 e. The molecule has 5 heteroatoms. The zero-order valence-corrected chi connectivity index (χ0v) is 1.80. The molecular weight excluding hydrogens is 222 g/mol. The first-order valence-electron chi connectivity index (χ1n) is 0.651. The van der Waals surface area contributed by atoms with E-state index in [1.807, 2.05) is 0 Å². The first kappa shape index (κ1) is 15.6. The normalized spacial score (nSPS) is 4.00. The second-order valence-corrected chi connectivity index (χ2v) is 0.283. The molecule has 0 spiro atoms. The van der Waals surface area contributed by atoms with Gasteiger partial charge >= 0.3 is 78.1 Å². The molecule has 0 rings (SSSR count). The van der Waals surface area contributed by atoms with E-state index in [2.05, 4.69) is 0 Å². The van der Waals surface area contributed by atoms with Crippen LogP contribution in [0.1, 0.15) is 0 Å². The molecule has 0 radical (unpaired) electrons. The van der Waals surface area contributed by atoms with Gasteiger partial charge < -0.3 is 10.2 Å². The van der Waals surface area contributed by atoms with Gasteiger partial charge in [-0.25, -0.2) is 4.79 Å². The van der Waals surface area contributed by atoms with Crippen molar-refractivity contribution in [3.63, 3.8) is 0 Å². The second-order valence-electron chi connectivity index (χ2n) is 0.283. The van der Waals surface area contributed by atoms with Crippen molar-refractivity contribution in [2.45, 2.75) is 0 Å². The maximum absolute atomic E-state index is 8.56. The van der Waals surface area contributed by atoms with E-state index in [0.29, 0.717) is 0 Å². The van der Waals surface area contributed by atoms with Crippen molar-refractivity contribution in [2.75, 3.05) is 0 Å². The van der Waals surface area contributed by atoms with Crippen LogP contribution in [0.3, 0.4) is 0 Å². The quantitative estimate of drug-likeness (QED) is 0.490. The molecule has 0 aliphatic carbocycles. The SMILES string of the molecule is O=C(O)O.[BaH2].[MgH2]. The maximum Gasteiger partial charge on any atom is 0.316 e. The van der Waals surface area contributed by atoms with Gasteiger partial charge in [-0.3, -0.25) is 0 Å². The van der Waals surface area contributed by atoms with Gasteiger partial charge in [0, 0.05) is 0 Å². The Bertz CT molecular complexity index is 33.8. The Kier molecular flexibility index (Phi) is 25.5. The number of carboxylic acid groups (broad SMARTS) is 2. The van der Waals surface area contributed by atoms with Crippen molar-refractivity contribution in [1.82, 2.24) is 0 Å². The number of rotatable bonds is 0. The zero-order valence-electron chi connectivity index (χ0n) is 1.80. The molecule has 0 aromatic heterocycles. The molecule has 3 nitrogen and oxygen atoms in total. The largest absolute Gasteiger partial charge is 0.316 e. The van der Waals surface area contributed by atoms with E-state index >= 15 is 0 Å². The Morgan fingerprint density at radius 3 is 1.33 bits per heavy atom. The summed E-state index contributed by atoms with van der Waals surface area (Å²) < 4.78 is 0. The minimum atomic E-state index is -1.83. The fourth-order valence-electron chi connectivity index (χ4n) is 0. The van der Waals surface area contributed by atoms with Gasteiger partial charge in [-0.05, 0) is 0 Å². The van der Waals surface area contributed by atoms with Gasteiger partial charge in [-0.2, -0.15) is 0 Å². The van der Waals surface area contributed by atoms with Gasteiger partial charge in [-0.15, -0.1) is 0 Å². The number of hydrogen-bond donors (Lipinski definition) is 2. The fourth-order valence-corrected chi connectivity index (χ4v) is 0. The number of hydrogen-bond acceptors (Lipinski definition) is 1. The van der Waals surface area contributed by atoms with E-state index < -0.39 is 6.16 Å². The number of carbonyl (C=O) groups is 1.